The molecular weight excluding hydrogens is 328 g/mol. The summed E-state index contributed by atoms with van der Waals surface area (Å²) in [6.45, 7) is 0.709. The molecule has 2 amide bonds. The number of methoxy groups -OCH3 is 1. The molecular formula is C18H15ClN2O3. The Labute approximate surface area is 144 Å². The summed E-state index contributed by atoms with van der Waals surface area (Å²) in [5, 5.41) is 3.27. The van der Waals surface area contributed by atoms with Crippen molar-refractivity contribution in [1.29, 1.82) is 0 Å². The van der Waals surface area contributed by atoms with E-state index in [4.69, 9.17) is 16.3 Å². The van der Waals surface area contributed by atoms with Gasteiger partial charge in [0.1, 0.15) is 5.75 Å². The number of carbonyl (C=O) groups is 2. The van der Waals surface area contributed by atoms with E-state index in [9.17, 15) is 9.59 Å². The molecule has 0 aliphatic carbocycles. The van der Waals surface area contributed by atoms with Crippen molar-refractivity contribution in [3.8, 4) is 5.75 Å². The monoisotopic (exact) mass is 342 g/mol. The van der Waals surface area contributed by atoms with E-state index < -0.39 is 0 Å². The summed E-state index contributed by atoms with van der Waals surface area (Å²) >= 11 is 6.09. The van der Waals surface area contributed by atoms with E-state index in [0.717, 1.165) is 23.2 Å². The first-order valence-corrected chi connectivity index (χ1v) is 8.05. The normalized spacial score (nSPS) is 14.8. The lowest BCUT2D eigenvalue weighted by Gasteiger charge is -2.11. The molecule has 2 aliphatic rings. The SMILES string of the molecule is COc1ccc(NC(=O)c2cc3c4c(c2)CC(=O)N4CC3)cc1Cl. The van der Waals surface area contributed by atoms with E-state index >= 15 is 0 Å². The zero-order chi connectivity index (χ0) is 16.8. The molecule has 6 heteroatoms. The molecule has 0 atom stereocenters. The highest BCUT2D eigenvalue weighted by Gasteiger charge is 2.34. The standard InChI is InChI=1S/C18H15ClN2O3/c1-24-15-3-2-13(9-14(15)19)20-18(23)12-6-10-4-5-21-16(22)8-11(7-12)17(10)21/h2-3,6-7,9H,4-5,8H2,1H3,(H,20,23). The van der Waals surface area contributed by atoms with Crippen molar-refractivity contribution >= 4 is 34.8 Å². The van der Waals surface area contributed by atoms with Crippen molar-refractivity contribution in [2.24, 2.45) is 0 Å². The number of rotatable bonds is 3. The molecule has 122 valence electrons. The first-order valence-electron chi connectivity index (χ1n) is 7.68. The maximum absolute atomic E-state index is 12.6. The summed E-state index contributed by atoms with van der Waals surface area (Å²) in [5.41, 5.74) is 4.17. The lowest BCUT2D eigenvalue weighted by molar-refractivity contribution is -0.117. The van der Waals surface area contributed by atoms with Crippen LogP contribution in [0.4, 0.5) is 11.4 Å². The van der Waals surface area contributed by atoms with Gasteiger partial charge in [-0.15, -0.1) is 0 Å². The number of halogens is 1. The first kappa shape index (κ1) is 15.0. The van der Waals surface area contributed by atoms with Gasteiger partial charge in [0.2, 0.25) is 5.91 Å². The van der Waals surface area contributed by atoms with Gasteiger partial charge < -0.3 is 15.0 Å². The van der Waals surface area contributed by atoms with Crippen molar-refractivity contribution in [3.05, 3.63) is 52.0 Å². The molecule has 2 aliphatic heterocycles. The Kier molecular flexibility index (Phi) is 3.46. The van der Waals surface area contributed by atoms with Crippen LogP contribution in [0.15, 0.2) is 30.3 Å². The van der Waals surface area contributed by atoms with Crippen LogP contribution in [0.3, 0.4) is 0 Å². The minimum Gasteiger partial charge on any atom is -0.495 e. The fourth-order valence-corrected chi connectivity index (χ4v) is 3.62. The van der Waals surface area contributed by atoms with Gasteiger partial charge in [-0.1, -0.05) is 11.6 Å². The van der Waals surface area contributed by atoms with Crippen LogP contribution in [0.1, 0.15) is 21.5 Å². The Morgan fingerprint density at radius 2 is 2.04 bits per heavy atom. The van der Waals surface area contributed by atoms with Crippen LogP contribution in [0, 0.1) is 0 Å². The number of amides is 2. The summed E-state index contributed by atoms with van der Waals surface area (Å²) in [4.78, 5) is 26.3. The molecule has 0 unspecified atom stereocenters. The van der Waals surface area contributed by atoms with E-state index in [1.54, 1.807) is 18.2 Å². The average Bonchev–Trinajstić information content (AvgIpc) is 3.12. The second kappa shape index (κ2) is 5.53. The Morgan fingerprint density at radius 3 is 2.79 bits per heavy atom. The molecule has 5 nitrogen and oxygen atoms in total. The number of benzene rings is 2. The van der Waals surface area contributed by atoms with Crippen LogP contribution in [0.25, 0.3) is 0 Å². The highest BCUT2D eigenvalue weighted by Crippen LogP contribution is 2.38. The lowest BCUT2D eigenvalue weighted by Crippen LogP contribution is -2.24. The predicted octanol–water partition coefficient (Wildman–Crippen LogP) is 3.05. The van der Waals surface area contributed by atoms with Gasteiger partial charge in [0.05, 0.1) is 24.2 Å². The number of hydrogen-bond donors (Lipinski definition) is 1. The summed E-state index contributed by atoms with van der Waals surface area (Å²) in [7, 11) is 1.54. The highest BCUT2D eigenvalue weighted by atomic mass is 35.5. The Hall–Kier alpha value is -2.53. The van der Waals surface area contributed by atoms with Crippen molar-refractivity contribution in [2.75, 3.05) is 23.9 Å². The predicted molar refractivity (Wildman–Crippen MR) is 92.2 cm³/mol. The summed E-state index contributed by atoms with van der Waals surface area (Å²) in [5.74, 6) is 0.454. The van der Waals surface area contributed by atoms with Gasteiger partial charge in [0, 0.05) is 17.8 Å². The molecule has 0 saturated carbocycles. The number of anilines is 2. The molecule has 0 spiro atoms. The van der Waals surface area contributed by atoms with Crippen molar-refractivity contribution < 1.29 is 14.3 Å². The van der Waals surface area contributed by atoms with Gasteiger partial charge in [0.25, 0.3) is 5.91 Å². The molecule has 2 aromatic carbocycles. The number of carbonyl (C=O) groups excluding carboxylic acids is 2. The summed E-state index contributed by atoms with van der Waals surface area (Å²) < 4.78 is 5.10. The lowest BCUT2D eigenvalue weighted by atomic mass is 10.0. The van der Waals surface area contributed by atoms with Crippen LogP contribution in [0.2, 0.25) is 5.02 Å². The largest absolute Gasteiger partial charge is 0.495 e. The van der Waals surface area contributed by atoms with E-state index in [-0.39, 0.29) is 11.8 Å². The topological polar surface area (TPSA) is 58.6 Å². The van der Waals surface area contributed by atoms with Crippen LogP contribution in [-0.2, 0) is 17.6 Å². The van der Waals surface area contributed by atoms with Crippen molar-refractivity contribution in [3.63, 3.8) is 0 Å². The Morgan fingerprint density at radius 1 is 1.25 bits per heavy atom. The zero-order valence-electron chi connectivity index (χ0n) is 13.1. The minimum atomic E-state index is -0.215. The second-order valence-corrected chi connectivity index (χ2v) is 6.33. The molecule has 2 heterocycles. The maximum Gasteiger partial charge on any atom is 0.255 e. The van der Waals surface area contributed by atoms with E-state index in [1.807, 2.05) is 17.0 Å². The minimum absolute atomic E-state index is 0.114. The first-order chi connectivity index (χ1) is 11.6. The third kappa shape index (κ3) is 2.32. The third-order valence-corrected chi connectivity index (χ3v) is 4.75. The second-order valence-electron chi connectivity index (χ2n) is 5.92. The quantitative estimate of drug-likeness (QED) is 0.932. The molecule has 1 N–H and O–H groups in total. The van der Waals surface area contributed by atoms with E-state index in [2.05, 4.69) is 5.32 Å². The van der Waals surface area contributed by atoms with Crippen LogP contribution >= 0.6 is 11.6 Å². The molecule has 2 aromatic rings. The molecule has 0 radical (unpaired) electrons. The van der Waals surface area contributed by atoms with E-state index in [1.165, 1.54) is 7.11 Å². The fraction of sp³-hybridized carbons (Fsp3) is 0.222. The number of hydrogen-bond acceptors (Lipinski definition) is 3. The van der Waals surface area contributed by atoms with Crippen molar-refractivity contribution in [2.45, 2.75) is 12.8 Å². The van der Waals surface area contributed by atoms with E-state index in [0.29, 0.717) is 35.0 Å². The maximum atomic E-state index is 12.6. The molecule has 0 aromatic heterocycles. The highest BCUT2D eigenvalue weighted by molar-refractivity contribution is 6.32. The van der Waals surface area contributed by atoms with Crippen LogP contribution in [-0.4, -0.2) is 25.5 Å². The van der Waals surface area contributed by atoms with Gasteiger partial charge in [-0.05, 0) is 47.9 Å². The van der Waals surface area contributed by atoms with Crippen LogP contribution < -0.4 is 15.0 Å². The molecule has 4 rings (SSSR count). The molecule has 0 saturated heterocycles. The van der Waals surface area contributed by atoms with Gasteiger partial charge in [-0.3, -0.25) is 9.59 Å². The number of ether oxygens (including phenoxy) is 1. The summed E-state index contributed by atoms with van der Waals surface area (Å²) in [6.07, 6.45) is 1.17. The Balaban J connectivity index is 1.61. The zero-order valence-corrected chi connectivity index (χ0v) is 13.8. The smallest absolute Gasteiger partial charge is 0.255 e. The molecule has 24 heavy (non-hydrogen) atoms. The van der Waals surface area contributed by atoms with Crippen LogP contribution in [0.5, 0.6) is 5.75 Å². The van der Waals surface area contributed by atoms with Gasteiger partial charge in [-0.25, -0.2) is 0 Å². The fourth-order valence-electron chi connectivity index (χ4n) is 3.36. The Bertz CT molecular complexity index is 879. The third-order valence-electron chi connectivity index (χ3n) is 4.46. The van der Waals surface area contributed by atoms with Gasteiger partial charge in [0.15, 0.2) is 0 Å². The number of nitrogens with zero attached hydrogens (tertiary/aromatic N) is 1. The molecule has 0 bridgehead atoms. The average molecular weight is 343 g/mol. The van der Waals surface area contributed by atoms with Crippen molar-refractivity contribution in [1.82, 2.24) is 0 Å². The summed E-state index contributed by atoms with van der Waals surface area (Å²) in [6, 6.07) is 8.77. The van der Waals surface area contributed by atoms with Gasteiger partial charge in [-0.2, -0.15) is 0 Å². The van der Waals surface area contributed by atoms with Gasteiger partial charge >= 0.3 is 0 Å². The molecule has 0 fully saturated rings. The number of nitrogens with one attached hydrogen (secondary N) is 1.